The van der Waals surface area contributed by atoms with Crippen LogP contribution in [0.25, 0.3) is 16.6 Å². The van der Waals surface area contributed by atoms with Crippen molar-refractivity contribution in [1.29, 1.82) is 0 Å². The number of amides is 2. The smallest absolute Gasteiger partial charge is 0.256 e. The third-order valence-electron chi connectivity index (χ3n) is 9.12. The van der Waals surface area contributed by atoms with Crippen LogP contribution in [0.15, 0.2) is 36.8 Å². The van der Waals surface area contributed by atoms with Gasteiger partial charge in [0.15, 0.2) is 0 Å². The zero-order chi connectivity index (χ0) is 28.7. The summed E-state index contributed by atoms with van der Waals surface area (Å²) in [6, 6.07) is 4.97. The Kier molecular flexibility index (Phi) is 8.00. The average molecular weight is 548 g/mol. The first-order valence-corrected chi connectivity index (χ1v) is 14.6. The van der Waals surface area contributed by atoms with E-state index < -0.39 is 5.82 Å². The molecule has 2 aliphatic rings. The fraction of sp³-hybridized carbons (Fsp3) is 0.531. The lowest BCUT2D eigenvalue weighted by atomic mass is 9.92. The summed E-state index contributed by atoms with van der Waals surface area (Å²) in [4.78, 5) is 36.0. The lowest BCUT2D eigenvalue weighted by molar-refractivity contribution is -0.131. The maximum absolute atomic E-state index is 14.4. The van der Waals surface area contributed by atoms with Gasteiger partial charge in [0.25, 0.3) is 5.91 Å². The fourth-order valence-corrected chi connectivity index (χ4v) is 6.71. The minimum atomic E-state index is -0.426. The second-order valence-corrected chi connectivity index (χ2v) is 12.2. The van der Waals surface area contributed by atoms with E-state index in [2.05, 4.69) is 29.9 Å². The molecule has 0 radical (unpaired) electrons. The molecule has 214 valence electrons. The molecule has 8 heteroatoms. The lowest BCUT2D eigenvalue weighted by Crippen LogP contribution is -2.50. The number of benzene rings is 1. The Hall–Kier alpha value is -3.26. The summed E-state index contributed by atoms with van der Waals surface area (Å²) in [7, 11) is 1.75. The highest BCUT2D eigenvalue weighted by atomic mass is 19.1. The summed E-state index contributed by atoms with van der Waals surface area (Å²) < 4.78 is 16.4. The number of hydrogen-bond acceptors (Lipinski definition) is 4. The summed E-state index contributed by atoms with van der Waals surface area (Å²) in [6.07, 6.45) is 8.98. The third kappa shape index (κ3) is 5.38. The first kappa shape index (κ1) is 28.3. The van der Waals surface area contributed by atoms with E-state index in [4.69, 9.17) is 0 Å². The molecule has 3 aromatic rings. The molecule has 40 heavy (non-hydrogen) atoms. The van der Waals surface area contributed by atoms with Gasteiger partial charge in [-0.05, 0) is 87.7 Å². The van der Waals surface area contributed by atoms with Crippen LogP contribution in [0.5, 0.6) is 0 Å². The Balaban J connectivity index is 1.43. The number of pyridine rings is 1. The normalized spacial score (nSPS) is 21.9. The van der Waals surface area contributed by atoms with E-state index in [-0.39, 0.29) is 17.9 Å². The first-order valence-electron chi connectivity index (χ1n) is 14.6. The molecule has 1 aromatic carbocycles. The number of rotatable bonds is 6. The molecule has 0 aliphatic carbocycles. The van der Waals surface area contributed by atoms with Crippen LogP contribution in [0, 0.1) is 24.6 Å². The van der Waals surface area contributed by atoms with Gasteiger partial charge >= 0.3 is 0 Å². The van der Waals surface area contributed by atoms with Crippen LogP contribution in [0.3, 0.4) is 0 Å². The number of aryl methyl sites for hydroxylation is 1. The van der Waals surface area contributed by atoms with Crippen LogP contribution in [0.2, 0.25) is 0 Å². The van der Waals surface area contributed by atoms with Crippen molar-refractivity contribution in [2.24, 2.45) is 11.8 Å². The summed E-state index contributed by atoms with van der Waals surface area (Å²) in [6.45, 7) is 13.7. The molecule has 7 nitrogen and oxygen atoms in total. The van der Waals surface area contributed by atoms with Gasteiger partial charge in [0.2, 0.25) is 5.91 Å². The summed E-state index contributed by atoms with van der Waals surface area (Å²) in [5.41, 5.74) is 4.28. The number of aromatic nitrogens is 2. The van der Waals surface area contributed by atoms with Gasteiger partial charge in [-0.1, -0.05) is 6.92 Å². The molecular weight excluding hydrogens is 505 g/mol. The van der Waals surface area contributed by atoms with Crippen molar-refractivity contribution in [2.45, 2.75) is 66.0 Å². The number of halogens is 1. The van der Waals surface area contributed by atoms with Crippen molar-refractivity contribution >= 4 is 22.7 Å². The quantitative estimate of drug-likeness (QED) is 0.432. The SMILES string of the molecule is CC(=O)N1CCC(N2CC[C@H](Cc3cn(-c4ccc(F)cc4C(=O)N(C)C(C)C)c4cncc(C)c34)C2)C(C)C1. The van der Waals surface area contributed by atoms with Gasteiger partial charge in [0.05, 0.1) is 23.0 Å². The Labute approximate surface area is 236 Å². The third-order valence-corrected chi connectivity index (χ3v) is 9.12. The van der Waals surface area contributed by atoms with E-state index in [1.165, 1.54) is 17.7 Å². The van der Waals surface area contributed by atoms with E-state index in [1.807, 2.05) is 35.7 Å². The Morgan fingerprint density at radius 3 is 2.62 bits per heavy atom. The molecule has 0 bridgehead atoms. The van der Waals surface area contributed by atoms with Crippen molar-refractivity contribution in [3.8, 4) is 5.69 Å². The zero-order valence-corrected chi connectivity index (χ0v) is 24.7. The number of carbonyl (C=O) groups excluding carboxylic acids is 2. The van der Waals surface area contributed by atoms with Gasteiger partial charge in [0, 0.05) is 63.5 Å². The van der Waals surface area contributed by atoms with E-state index in [9.17, 15) is 14.0 Å². The Morgan fingerprint density at radius 1 is 1.15 bits per heavy atom. The molecule has 5 rings (SSSR count). The number of nitrogens with zero attached hydrogens (tertiary/aromatic N) is 5. The van der Waals surface area contributed by atoms with Gasteiger partial charge in [-0.25, -0.2) is 4.39 Å². The molecule has 0 saturated carbocycles. The maximum Gasteiger partial charge on any atom is 0.256 e. The topological polar surface area (TPSA) is 61.7 Å². The van der Waals surface area contributed by atoms with E-state index in [0.717, 1.165) is 61.9 Å². The van der Waals surface area contributed by atoms with Crippen LogP contribution >= 0.6 is 0 Å². The van der Waals surface area contributed by atoms with E-state index >= 15 is 0 Å². The second kappa shape index (κ2) is 11.3. The molecule has 4 heterocycles. The molecule has 3 atom stereocenters. The lowest BCUT2D eigenvalue weighted by Gasteiger charge is -2.41. The minimum Gasteiger partial charge on any atom is -0.343 e. The zero-order valence-electron chi connectivity index (χ0n) is 24.7. The van der Waals surface area contributed by atoms with Crippen molar-refractivity contribution in [2.75, 3.05) is 33.2 Å². The van der Waals surface area contributed by atoms with Crippen LogP contribution < -0.4 is 0 Å². The van der Waals surface area contributed by atoms with Crippen LogP contribution in [0.1, 0.15) is 62.0 Å². The van der Waals surface area contributed by atoms with E-state index in [1.54, 1.807) is 24.9 Å². The molecule has 2 aliphatic heterocycles. The molecule has 0 N–H and O–H groups in total. The van der Waals surface area contributed by atoms with Crippen molar-refractivity contribution in [1.82, 2.24) is 24.3 Å². The van der Waals surface area contributed by atoms with Gasteiger partial charge < -0.3 is 14.4 Å². The van der Waals surface area contributed by atoms with Crippen LogP contribution in [-0.2, 0) is 11.2 Å². The number of hydrogen-bond donors (Lipinski definition) is 0. The number of likely N-dealkylation sites (tertiary alicyclic amines) is 2. The fourth-order valence-electron chi connectivity index (χ4n) is 6.71. The highest BCUT2D eigenvalue weighted by molar-refractivity contribution is 5.99. The predicted molar refractivity (Wildman–Crippen MR) is 156 cm³/mol. The second-order valence-electron chi connectivity index (χ2n) is 12.2. The van der Waals surface area contributed by atoms with Crippen molar-refractivity contribution < 1.29 is 14.0 Å². The predicted octanol–water partition coefficient (Wildman–Crippen LogP) is 5.07. The highest BCUT2D eigenvalue weighted by Crippen LogP contribution is 2.34. The van der Waals surface area contributed by atoms with Gasteiger partial charge in [-0.15, -0.1) is 0 Å². The first-order chi connectivity index (χ1) is 19.0. The molecular formula is C32H42FN5O2. The summed E-state index contributed by atoms with van der Waals surface area (Å²) in [5.74, 6) is 0.526. The summed E-state index contributed by atoms with van der Waals surface area (Å²) >= 11 is 0. The van der Waals surface area contributed by atoms with Gasteiger partial charge in [-0.3, -0.25) is 19.5 Å². The Bertz CT molecular complexity index is 1420. The highest BCUT2D eigenvalue weighted by Gasteiger charge is 2.35. The number of piperidine rings is 1. The molecule has 2 saturated heterocycles. The monoisotopic (exact) mass is 547 g/mol. The van der Waals surface area contributed by atoms with E-state index in [0.29, 0.717) is 29.1 Å². The average Bonchev–Trinajstić information content (AvgIpc) is 3.53. The van der Waals surface area contributed by atoms with Crippen LogP contribution in [-0.4, -0.2) is 81.4 Å². The number of carbonyl (C=O) groups is 2. The van der Waals surface area contributed by atoms with Crippen molar-refractivity contribution in [3.05, 3.63) is 59.3 Å². The molecule has 2 amide bonds. The van der Waals surface area contributed by atoms with Crippen molar-refractivity contribution in [3.63, 3.8) is 0 Å². The summed E-state index contributed by atoms with van der Waals surface area (Å²) in [5, 5.41) is 1.16. The van der Waals surface area contributed by atoms with Crippen LogP contribution in [0.4, 0.5) is 4.39 Å². The minimum absolute atomic E-state index is 0.00720. The maximum atomic E-state index is 14.4. The standard InChI is InChI=1S/C32H42FN5O2/c1-20(2)35(6)32(40)27-14-26(33)7-8-29(27)38-19-25(31-21(3)15-34-16-30(31)38)13-24-9-11-37(18-24)28-10-12-36(23(5)39)17-22(28)4/h7-8,14-16,19-20,22,24,28H,9-13,17-18H2,1-6H3/t22?,24-,28?/m1/s1. The van der Waals surface area contributed by atoms with Gasteiger partial charge in [0.1, 0.15) is 5.82 Å². The molecule has 0 spiro atoms. The molecule has 2 fully saturated rings. The molecule has 2 aromatic heterocycles. The Morgan fingerprint density at radius 2 is 1.93 bits per heavy atom. The van der Waals surface area contributed by atoms with Gasteiger partial charge in [-0.2, -0.15) is 0 Å². The number of fused-ring (bicyclic) bond motifs is 1. The largest absolute Gasteiger partial charge is 0.343 e. The molecule has 2 unspecified atom stereocenters.